The van der Waals surface area contributed by atoms with Gasteiger partial charge < -0.3 is 9.47 Å². The normalized spacial score (nSPS) is 31.6. The lowest BCUT2D eigenvalue weighted by atomic mass is 9.81. The minimum atomic E-state index is 0.108. The van der Waals surface area contributed by atoms with Gasteiger partial charge in [0, 0.05) is 11.5 Å². The van der Waals surface area contributed by atoms with E-state index in [0.29, 0.717) is 18.1 Å². The molecular weight excluding hydrogens is 228 g/mol. The predicted molar refractivity (Wildman–Crippen MR) is 69.1 cm³/mol. The highest BCUT2D eigenvalue weighted by Crippen LogP contribution is 2.45. The van der Waals surface area contributed by atoms with Crippen LogP contribution in [0.25, 0.3) is 0 Å². The molecule has 3 rings (SSSR count). The quantitative estimate of drug-likeness (QED) is 0.630. The highest BCUT2D eigenvalue weighted by molar-refractivity contribution is 5.36. The van der Waals surface area contributed by atoms with Crippen LogP contribution in [0.5, 0.6) is 5.75 Å². The second-order valence-electron chi connectivity index (χ2n) is 5.16. The van der Waals surface area contributed by atoms with E-state index in [1.54, 1.807) is 7.11 Å². The molecule has 0 radical (unpaired) electrons. The van der Waals surface area contributed by atoms with E-state index in [9.17, 15) is 0 Å². The van der Waals surface area contributed by atoms with E-state index >= 15 is 0 Å². The Kier molecular flexibility index (Phi) is 3.24. The van der Waals surface area contributed by atoms with E-state index < -0.39 is 0 Å². The first-order valence-electron chi connectivity index (χ1n) is 6.58. The zero-order valence-electron chi connectivity index (χ0n) is 10.6. The summed E-state index contributed by atoms with van der Waals surface area (Å²) in [5.41, 5.74) is 4.09. The smallest absolute Gasteiger partial charge is 0.123 e. The first kappa shape index (κ1) is 12.0. The number of benzene rings is 1. The van der Waals surface area contributed by atoms with Gasteiger partial charge in [0.15, 0.2) is 0 Å². The summed E-state index contributed by atoms with van der Waals surface area (Å²) in [6.07, 6.45) is 4.23. The van der Waals surface area contributed by atoms with Crippen LogP contribution in [0.15, 0.2) is 24.3 Å². The molecule has 2 heterocycles. The number of methoxy groups -OCH3 is 1. The van der Waals surface area contributed by atoms with Crippen molar-refractivity contribution >= 4 is 0 Å². The van der Waals surface area contributed by atoms with E-state index in [1.165, 1.54) is 6.42 Å². The van der Waals surface area contributed by atoms with Crippen LogP contribution in [0.4, 0.5) is 0 Å². The van der Waals surface area contributed by atoms with E-state index in [1.807, 2.05) is 18.2 Å². The van der Waals surface area contributed by atoms with E-state index in [-0.39, 0.29) is 6.04 Å². The SMILES string of the molecule is COc1ccccc1C(NN)C1CC2CCC1O2. The molecule has 2 aliphatic rings. The molecule has 4 nitrogen and oxygen atoms in total. The van der Waals surface area contributed by atoms with E-state index in [2.05, 4.69) is 11.5 Å². The van der Waals surface area contributed by atoms with Crippen molar-refractivity contribution in [2.24, 2.45) is 11.8 Å². The Morgan fingerprint density at radius 1 is 1.39 bits per heavy atom. The third kappa shape index (κ3) is 1.90. The number of nitrogens with one attached hydrogen (secondary N) is 1. The largest absolute Gasteiger partial charge is 0.496 e. The van der Waals surface area contributed by atoms with Crippen molar-refractivity contribution in [1.29, 1.82) is 0 Å². The number of fused-ring (bicyclic) bond motifs is 2. The third-order valence-electron chi connectivity index (χ3n) is 4.23. The first-order chi connectivity index (χ1) is 8.83. The van der Waals surface area contributed by atoms with Crippen molar-refractivity contribution < 1.29 is 9.47 Å². The summed E-state index contributed by atoms with van der Waals surface area (Å²) in [5, 5.41) is 0. The van der Waals surface area contributed by atoms with Crippen molar-refractivity contribution in [3.05, 3.63) is 29.8 Å². The molecule has 1 aromatic carbocycles. The summed E-state index contributed by atoms with van der Waals surface area (Å²) in [7, 11) is 1.70. The van der Waals surface area contributed by atoms with Gasteiger partial charge in [-0.25, -0.2) is 0 Å². The van der Waals surface area contributed by atoms with Gasteiger partial charge in [-0.15, -0.1) is 0 Å². The Morgan fingerprint density at radius 3 is 2.83 bits per heavy atom. The lowest BCUT2D eigenvalue weighted by Crippen LogP contribution is -2.37. The molecule has 1 aromatic rings. The number of rotatable bonds is 4. The standard InChI is InChI=1S/C14H20N2O2/c1-17-12-5-3-2-4-10(12)14(16-15)11-8-9-6-7-13(11)18-9/h2-5,9,11,13-14,16H,6-8,15H2,1H3. The molecule has 0 amide bonds. The summed E-state index contributed by atoms with van der Waals surface area (Å²) < 4.78 is 11.4. The molecule has 4 heteroatoms. The topological polar surface area (TPSA) is 56.5 Å². The fourth-order valence-corrected chi connectivity index (χ4v) is 3.40. The molecule has 3 N–H and O–H groups in total. The summed E-state index contributed by atoms with van der Waals surface area (Å²) in [4.78, 5) is 0. The zero-order valence-corrected chi connectivity index (χ0v) is 10.6. The maximum Gasteiger partial charge on any atom is 0.123 e. The van der Waals surface area contributed by atoms with Crippen LogP contribution in [-0.2, 0) is 4.74 Å². The lowest BCUT2D eigenvalue weighted by molar-refractivity contribution is 0.0854. The molecule has 2 fully saturated rings. The fraction of sp³-hybridized carbons (Fsp3) is 0.571. The van der Waals surface area contributed by atoms with E-state index in [4.69, 9.17) is 15.3 Å². The summed E-state index contributed by atoms with van der Waals surface area (Å²) in [6, 6.07) is 8.17. The van der Waals surface area contributed by atoms with Crippen molar-refractivity contribution in [1.82, 2.24) is 5.43 Å². The molecule has 0 aromatic heterocycles. The van der Waals surface area contributed by atoms with Crippen LogP contribution in [0.2, 0.25) is 0 Å². The number of hydrazine groups is 1. The highest BCUT2D eigenvalue weighted by Gasteiger charge is 2.45. The van der Waals surface area contributed by atoms with Gasteiger partial charge in [0.25, 0.3) is 0 Å². The highest BCUT2D eigenvalue weighted by atomic mass is 16.5. The van der Waals surface area contributed by atoms with Crippen molar-refractivity contribution in [2.45, 2.75) is 37.5 Å². The molecule has 4 atom stereocenters. The van der Waals surface area contributed by atoms with Gasteiger partial charge in [0.2, 0.25) is 0 Å². The first-order valence-corrected chi connectivity index (χ1v) is 6.58. The number of nitrogens with two attached hydrogens (primary N) is 1. The molecule has 98 valence electrons. The molecule has 4 unspecified atom stereocenters. The Bertz CT molecular complexity index is 424. The van der Waals surface area contributed by atoms with Gasteiger partial charge in [-0.05, 0) is 25.3 Å². The van der Waals surface area contributed by atoms with Crippen molar-refractivity contribution in [3.63, 3.8) is 0 Å². The Hall–Kier alpha value is -1.10. The summed E-state index contributed by atoms with van der Waals surface area (Å²) in [5.74, 6) is 7.12. The maximum atomic E-state index is 5.93. The summed E-state index contributed by atoms with van der Waals surface area (Å²) >= 11 is 0. The molecule has 0 aliphatic carbocycles. The van der Waals surface area contributed by atoms with Crippen LogP contribution in [0.1, 0.15) is 30.9 Å². The van der Waals surface area contributed by atoms with Gasteiger partial charge in [0.1, 0.15) is 5.75 Å². The average Bonchev–Trinajstić information content (AvgIpc) is 3.03. The van der Waals surface area contributed by atoms with Crippen LogP contribution >= 0.6 is 0 Å². The van der Waals surface area contributed by atoms with Crippen molar-refractivity contribution in [3.8, 4) is 5.75 Å². The summed E-state index contributed by atoms with van der Waals surface area (Å²) in [6.45, 7) is 0. The minimum Gasteiger partial charge on any atom is -0.496 e. The lowest BCUT2D eigenvalue weighted by Gasteiger charge is -2.29. The van der Waals surface area contributed by atoms with Gasteiger partial charge in [-0.3, -0.25) is 11.3 Å². The molecule has 2 aliphatic heterocycles. The zero-order chi connectivity index (χ0) is 12.5. The molecule has 18 heavy (non-hydrogen) atoms. The van der Waals surface area contributed by atoms with Gasteiger partial charge in [-0.1, -0.05) is 18.2 Å². The molecule has 2 saturated heterocycles. The number of ether oxygens (including phenoxy) is 2. The Balaban J connectivity index is 1.88. The number of para-hydroxylation sites is 1. The number of hydrogen-bond acceptors (Lipinski definition) is 4. The molecule has 2 bridgehead atoms. The van der Waals surface area contributed by atoms with Gasteiger partial charge in [-0.2, -0.15) is 0 Å². The van der Waals surface area contributed by atoms with Gasteiger partial charge in [0.05, 0.1) is 25.4 Å². The number of hydrogen-bond donors (Lipinski definition) is 2. The molecule has 0 saturated carbocycles. The second-order valence-corrected chi connectivity index (χ2v) is 5.16. The van der Waals surface area contributed by atoms with E-state index in [0.717, 1.165) is 24.2 Å². The maximum absolute atomic E-state index is 5.93. The Morgan fingerprint density at radius 2 is 2.22 bits per heavy atom. The minimum absolute atomic E-state index is 0.108. The van der Waals surface area contributed by atoms with Crippen LogP contribution in [0.3, 0.4) is 0 Å². The van der Waals surface area contributed by atoms with Crippen LogP contribution in [0, 0.1) is 5.92 Å². The van der Waals surface area contributed by atoms with Crippen LogP contribution < -0.4 is 16.0 Å². The van der Waals surface area contributed by atoms with Crippen LogP contribution in [-0.4, -0.2) is 19.3 Å². The van der Waals surface area contributed by atoms with Crippen molar-refractivity contribution in [2.75, 3.05) is 7.11 Å². The van der Waals surface area contributed by atoms with Gasteiger partial charge >= 0.3 is 0 Å². The molecule has 0 spiro atoms. The predicted octanol–water partition coefficient (Wildman–Crippen LogP) is 1.77. The second kappa shape index (κ2) is 4.88. The fourth-order valence-electron chi connectivity index (χ4n) is 3.40. The Labute approximate surface area is 107 Å². The monoisotopic (exact) mass is 248 g/mol. The average molecular weight is 248 g/mol. The third-order valence-corrected chi connectivity index (χ3v) is 4.23. The molecular formula is C14H20N2O2.